The molecule has 17 heavy (non-hydrogen) atoms. The van der Waals surface area contributed by atoms with Gasteiger partial charge in [0.05, 0.1) is 19.6 Å². The lowest BCUT2D eigenvalue weighted by atomic mass is 10.3. The van der Waals surface area contributed by atoms with Crippen molar-refractivity contribution in [1.82, 2.24) is 4.90 Å². The molecule has 0 aromatic carbocycles. The zero-order chi connectivity index (χ0) is 12.8. The van der Waals surface area contributed by atoms with Crippen LogP contribution in [0.15, 0.2) is 16.5 Å². The molecule has 0 spiro atoms. The Morgan fingerprint density at radius 2 is 1.82 bits per heavy atom. The van der Waals surface area contributed by atoms with E-state index in [1.165, 1.54) is 11.0 Å². The van der Waals surface area contributed by atoms with Gasteiger partial charge in [-0.2, -0.15) is 0 Å². The van der Waals surface area contributed by atoms with Crippen LogP contribution in [-0.2, 0) is 16.1 Å². The molecule has 1 rings (SSSR count). The van der Waals surface area contributed by atoms with Gasteiger partial charge in [0.1, 0.15) is 5.76 Å². The molecule has 0 saturated carbocycles. The zero-order valence-electron chi connectivity index (χ0n) is 9.09. The Balaban J connectivity index is 2.67. The van der Waals surface area contributed by atoms with Gasteiger partial charge >= 0.3 is 0 Å². The van der Waals surface area contributed by atoms with Crippen molar-refractivity contribution in [3.8, 4) is 0 Å². The molecule has 1 aromatic heterocycles. The number of carbonyl (C=O) groups is 3. The Morgan fingerprint density at radius 3 is 2.24 bits per heavy atom. The Morgan fingerprint density at radius 1 is 1.24 bits per heavy atom. The number of hydrogen-bond donors (Lipinski definition) is 2. The van der Waals surface area contributed by atoms with Crippen LogP contribution in [0.2, 0.25) is 0 Å². The summed E-state index contributed by atoms with van der Waals surface area (Å²) in [6, 6.07) is 3.08. The van der Waals surface area contributed by atoms with Crippen molar-refractivity contribution in [2.75, 3.05) is 13.1 Å². The molecule has 0 aliphatic heterocycles. The summed E-state index contributed by atoms with van der Waals surface area (Å²) < 4.78 is 5.11. The van der Waals surface area contributed by atoms with E-state index >= 15 is 0 Å². The summed E-state index contributed by atoms with van der Waals surface area (Å²) in [5, 5.41) is 0. The normalized spacial score (nSPS) is 10.4. The fourth-order valence-corrected chi connectivity index (χ4v) is 1.37. The third-order valence-electron chi connectivity index (χ3n) is 1.94. The van der Waals surface area contributed by atoms with Crippen LogP contribution >= 0.6 is 0 Å². The van der Waals surface area contributed by atoms with E-state index in [-0.39, 0.29) is 25.4 Å². The second-order valence-electron chi connectivity index (χ2n) is 3.50. The predicted octanol–water partition coefficient (Wildman–Crippen LogP) is -1.14. The minimum Gasteiger partial charge on any atom is -0.457 e. The maximum absolute atomic E-state index is 10.8. The van der Waals surface area contributed by atoms with E-state index in [9.17, 15) is 14.4 Å². The average molecular weight is 239 g/mol. The molecule has 0 unspecified atom stereocenters. The van der Waals surface area contributed by atoms with Crippen LogP contribution in [0.25, 0.3) is 0 Å². The number of furan rings is 1. The van der Waals surface area contributed by atoms with E-state index in [0.717, 1.165) is 0 Å². The fourth-order valence-electron chi connectivity index (χ4n) is 1.37. The van der Waals surface area contributed by atoms with E-state index < -0.39 is 11.8 Å². The molecule has 0 radical (unpaired) electrons. The highest BCUT2D eigenvalue weighted by Crippen LogP contribution is 2.08. The summed E-state index contributed by atoms with van der Waals surface area (Å²) in [7, 11) is 0. The highest BCUT2D eigenvalue weighted by Gasteiger charge is 2.13. The van der Waals surface area contributed by atoms with Gasteiger partial charge in [0.25, 0.3) is 0 Å². The van der Waals surface area contributed by atoms with E-state index in [4.69, 9.17) is 15.9 Å². The largest absolute Gasteiger partial charge is 0.457 e. The Bertz CT molecular complexity index is 411. The van der Waals surface area contributed by atoms with Crippen molar-refractivity contribution < 1.29 is 18.8 Å². The van der Waals surface area contributed by atoms with Crippen LogP contribution in [0.1, 0.15) is 16.3 Å². The molecule has 1 aromatic rings. The molecule has 92 valence electrons. The first-order chi connectivity index (χ1) is 8.01. The number of hydrogen-bond acceptors (Lipinski definition) is 5. The second kappa shape index (κ2) is 5.80. The van der Waals surface area contributed by atoms with Gasteiger partial charge in [0.2, 0.25) is 11.8 Å². The number of primary amides is 2. The maximum atomic E-state index is 10.8. The molecular weight excluding hydrogens is 226 g/mol. The fraction of sp³-hybridized carbons (Fsp3) is 0.300. The van der Waals surface area contributed by atoms with Crippen LogP contribution in [0.5, 0.6) is 0 Å². The molecule has 0 bridgehead atoms. The van der Waals surface area contributed by atoms with Crippen LogP contribution < -0.4 is 11.5 Å². The lowest BCUT2D eigenvalue weighted by Gasteiger charge is -2.17. The molecule has 2 amide bonds. The van der Waals surface area contributed by atoms with Gasteiger partial charge in [-0.3, -0.25) is 19.3 Å². The summed E-state index contributed by atoms with van der Waals surface area (Å²) in [5.41, 5.74) is 10.1. The topological polar surface area (TPSA) is 120 Å². The van der Waals surface area contributed by atoms with Crippen LogP contribution in [0.4, 0.5) is 0 Å². The lowest BCUT2D eigenvalue weighted by Crippen LogP contribution is -2.39. The number of amides is 2. The van der Waals surface area contributed by atoms with Gasteiger partial charge in [0, 0.05) is 0 Å². The smallest absolute Gasteiger partial charge is 0.231 e. The molecule has 4 N–H and O–H groups in total. The molecular formula is C10H13N3O4. The van der Waals surface area contributed by atoms with Crippen LogP contribution in [-0.4, -0.2) is 36.1 Å². The summed E-state index contributed by atoms with van der Waals surface area (Å²) in [6.07, 6.45) is 0.565. The van der Waals surface area contributed by atoms with Crippen molar-refractivity contribution in [1.29, 1.82) is 0 Å². The van der Waals surface area contributed by atoms with Crippen molar-refractivity contribution in [2.24, 2.45) is 11.5 Å². The minimum absolute atomic E-state index is 0.111. The second-order valence-corrected chi connectivity index (χ2v) is 3.50. The van der Waals surface area contributed by atoms with Gasteiger partial charge in [0.15, 0.2) is 12.0 Å². The number of nitrogens with two attached hydrogens (primary N) is 2. The SMILES string of the molecule is NC(=O)CN(CC(N)=O)Cc1ccc(C=O)o1. The lowest BCUT2D eigenvalue weighted by molar-refractivity contribution is -0.122. The van der Waals surface area contributed by atoms with Gasteiger partial charge in [-0.05, 0) is 12.1 Å². The standard InChI is InChI=1S/C10H13N3O4/c11-9(15)4-13(5-10(12)16)3-7-1-2-8(6-14)17-7/h1-2,6H,3-5H2,(H2,11,15)(H2,12,16). The minimum atomic E-state index is -0.576. The molecule has 1 heterocycles. The Hall–Kier alpha value is -2.15. The number of carbonyl (C=O) groups excluding carboxylic acids is 3. The van der Waals surface area contributed by atoms with Crippen molar-refractivity contribution >= 4 is 18.1 Å². The quantitative estimate of drug-likeness (QED) is 0.583. The summed E-state index contributed by atoms with van der Waals surface area (Å²) in [6.45, 7) is -0.0418. The van der Waals surface area contributed by atoms with E-state index in [2.05, 4.69) is 0 Å². The summed E-state index contributed by atoms with van der Waals surface area (Å²) in [4.78, 5) is 33.4. The average Bonchev–Trinajstić information content (AvgIpc) is 2.63. The number of aldehydes is 1. The van der Waals surface area contributed by atoms with Gasteiger partial charge in [-0.25, -0.2) is 0 Å². The molecule has 7 nitrogen and oxygen atoms in total. The molecule has 7 heteroatoms. The molecule has 0 fully saturated rings. The van der Waals surface area contributed by atoms with Gasteiger partial charge in [-0.15, -0.1) is 0 Å². The first-order valence-electron chi connectivity index (χ1n) is 4.84. The maximum Gasteiger partial charge on any atom is 0.231 e. The summed E-state index contributed by atoms with van der Waals surface area (Å²) in [5.74, 6) is -0.519. The van der Waals surface area contributed by atoms with Crippen molar-refractivity contribution in [3.63, 3.8) is 0 Å². The molecule has 0 saturated heterocycles. The Labute approximate surface area is 97.3 Å². The monoisotopic (exact) mass is 239 g/mol. The van der Waals surface area contributed by atoms with Crippen molar-refractivity contribution in [3.05, 3.63) is 23.7 Å². The zero-order valence-corrected chi connectivity index (χ0v) is 9.09. The molecule has 0 aliphatic carbocycles. The highest BCUT2D eigenvalue weighted by molar-refractivity contribution is 5.79. The number of rotatable bonds is 7. The predicted molar refractivity (Wildman–Crippen MR) is 57.8 cm³/mol. The molecule has 0 aliphatic rings. The van der Waals surface area contributed by atoms with E-state index in [1.54, 1.807) is 6.07 Å². The van der Waals surface area contributed by atoms with E-state index in [0.29, 0.717) is 12.0 Å². The first kappa shape index (κ1) is 12.9. The van der Waals surface area contributed by atoms with Crippen LogP contribution in [0, 0.1) is 0 Å². The van der Waals surface area contributed by atoms with Gasteiger partial charge in [-0.1, -0.05) is 0 Å². The van der Waals surface area contributed by atoms with Crippen molar-refractivity contribution in [2.45, 2.75) is 6.54 Å². The van der Waals surface area contributed by atoms with E-state index in [1.807, 2.05) is 0 Å². The number of nitrogens with zero attached hydrogens (tertiary/aromatic N) is 1. The van der Waals surface area contributed by atoms with Gasteiger partial charge < -0.3 is 15.9 Å². The van der Waals surface area contributed by atoms with Crippen LogP contribution in [0.3, 0.4) is 0 Å². The third kappa shape index (κ3) is 4.47. The highest BCUT2D eigenvalue weighted by atomic mass is 16.3. The summed E-state index contributed by atoms with van der Waals surface area (Å²) >= 11 is 0. The first-order valence-corrected chi connectivity index (χ1v) is 4.84. The molecule has 0 atom stereocenters. The Kier molecular flexibility index (Phi) is 4.41. The third-order valence-corrected chi connectivity index (χ3v) is 1.94.